The normalized spacial score (nSPS) is 33.8. The van der Waals surface area contributed by atoms with Crippen LogP contribution in [0.5, 0.6) is 0 Å². The van der Waals surface area contributed by atoms with E-state index in [0.717, 1.165) is 19.8 Å². The molecule has 0 aromatic carbocycles. The Morgan fingerprint density at radius 1 is 1.36 bits per heavy atom. The summed E-state index contributed by atoms with van der Waals surface area (Å²) in [5.41, 5.74) is 0.372. The summed E-state index contributed by atoms with van der Waals surface area (Å²) in [5, 5.41) is 0. The van der Waals surface area contributed by atoms with E-state index in [1.807, 2.05) is 6.08 Å². The fraction of sp³-hybridized carbons (Fsp3) is 0.818. The van der Waals surface area contributed by atoms with Gasteiger partial charge in [-0.25, -0.2) is 0 Å². The van der Waals surface area contributed by atoms with E-state index >= 15 is 0 Å². The molecule has 0 amide bonds. The maximum atomic E-state index is 5.61. The van der Waals surface area contributed by atoms with E-state index in [2.05, 4.69) is 11.0 Å². The second-order valence-electron chi connectivity index (χ2n) is 4.20. The summed E-state index contributed by atoms with van der Waals surface area (Å²) >= 11 is 5.61. The SMILES string of the molecule is ClC/C=C/CN1CCCC12CCOC2. The van der Waals surface area contributed by atoms with Crippen molar-refractivity contribution in [2.45, 2.75) is 24.8 Å². The van der Waals surface area contributed by atoms with Crippen LogP contribution in [0.4, 0.5) is 0 Å². The molecule has 2 rings (SSSR count). The van der Waals surface area contributed by atoms with Crippen LogP contribution in [0.3, 0.4) is 0 Å². The van der Waals surface area contributed by atoms with E-state index in [4.69, 9.17) is 16.3 Å². The zero-order chi connectivity index (χ0) is 9.86. The van der Waals surface area contributed by atoms with Gasteiger partial charge in [0.05, 0.1) is 6.61 Å². The highest BCUT2D eigenvalue weighted by Crippen LogP contribution is 2.36. The standard InChI is InChI=1S/C11H18ClNO/c12-6-1-2-7-13-8-3-4-11(13)5-9-14-10-11/h1-2H,3-10H2/b2-1+. The van der Waals surface area contributed by atoms with Gasteiger partial charge in [-0.1, -0.05) is 12.2 Å². The van der Waals surface area contributed by atoms with Crippen LogP contribution in [0.15, 0.2) is 12.2 Å². The Balaban J connectivity index is 1.93. The molecule has 0 aromatic rings. The van der Waals surface area contributed by atoms with Crippen molar-refractivity contribution in [3.63, 3.8) is 0 Å². The topological polar surface area (TPSA) is 12.5 Å². The Kier molecular flexibility index (Phi) is 3.47. The second-order valence-corrected chi connectivity index (χ2v) is 4.51. The van der Waals surface area contributed by atoms with Crippen LogP contribution in [0.1, 0.15) is 19.3 Å². The summed E-state index contributed by atoms with van der Waals surface area (Å²) in [6.45, 7) is 4.13. The van der Waals surface area contributed by atoms with Crippen LogP contribution in [0, 0.1) is 0 Å². The Morgan fingerprint density at radius 3 is 3.00 bits per heavy atom. The molecule has 0 bridgehead atoms. The maximum Gasteiger partial charge on any atom is 0.0651 e. The number of hydrogen-bond acceptors (Lipinski definition) is 2. The molecule has 2 aliphatic rings. The van der Waals surface area contributed by atoms with E-state index < -0.39 is 0 Å². The Labute approximate surface area is 90.9 Å². The number of alkyl halides is 1. The van der Waals surface area contributed by atoms with Crippen molar-refractivity contribution in [3.8, 4) is 0 Å². The van der Waals surface area contributed by atoms with Crippen LogP contribution in [0.25, 0.3) is 0 Å². The lowest BCUT2D eigenvalue weighted by Crippen LogP contribution is -2.44. The van der Waals surface area contributed by atoms with Crippen LogP contribution >= 0.6 is 11.6 Å². The highest BCUT2D eigenvalue weighted by Gasteiger charge is 2.43. The largest absolute Gasteiger partial charge is 0.379 e. The molecule has 2 saturated heterocycles. The third-order valence-electron chi connectivity index (χ3n) is 3.41. The van der Waals surface area contributed by atoms with Crippen LogP contribution in [-0.2, 0) is 4.74 Å². The first-order chi connectivity index (χ1) is 6.87. The van der Waals surface area contributed by atoms with Crippen molar-refractivity contribution in [2.75, 3.05) is 32.2 Å². The number of likely N-dealkylation sites (tertiary alicyclic amines) is 1. The summed E-state index contributed by atoms with van der Waals surface area (Å²) in [6.07, 6.45) is 8.04. The van der Waals surface area contributed by atoms with E-state index in [1.165, 1.54) is 25.8 Å². The zero-order valence-electron chi connectivity index (χ0n) is 8.54. The quantitative estimate of drug-likeness (QED) is 0.528. The fourth-order valence-electron chi connectivity index (χ4n) is 2.59. The zero-order valence-corrected chi connectivity index (χ0v) is 9.30. The molecule has 2 fully saturated rings. The molecule has 0 N–H and O–H groups in total. The predicted molar refractivity (Wildman–Crippen MR) is 58.8 cm³/mol. The molecular formula is C11H18ClNO. The van der Waals surface area contributed by atoms with Gasteiger partial charge in [0.25, 0.3) is 0 Å². The summed E-state index contributed by atoms with van der Waals surface area (Å²) in [6, 6.07) is 0. The summed E-state index contributed by atoms with van der Waals surface area (Å²) < 4.78 is 5.53. The highest BCUT2D eigenvalue weighted by molar-refractivity contribution is 6.18. The van der Waals surface area contributed by atoms with Gasteiger partial charge >= 0.3 is 0 Å². The third kappa shape index (κ3) is 1.97. The molecular weight excluding hydrogens is 198 g/mol. The lowest BCUT2D eigenvalue weighted by atomic mass is 9.95. The number of ether oxygens (including phenoxy) is 1. The second kappa shape index (κ2) is 4.65. The predicted octanol–water partition coefficient (Wildman–Crippen LogP) is 2.04. The lowest BCUT2D eigenvalue weighted by molar-refractivity contribution is 0.110. The van der Waals surface area contributed by atoms with E-state index in [-0.39, 0.29) is 0 Å². The van der Waals surface area contributed by atoms with Crippen molar-refractivity contribution < 1.29 is 4.74 Å². The average molecular weight is 216 g/mol. The van der Waals surface area contributed by atoms with Crippen LogP contribution < -0.4 is 0 Å². The first-order valence-electron chi connectivity index (χ1n) is 5.41. The van der Waals surface area contributed by atoms with Gasteiger partial charge in [0.2, 0.25) is 0 Å². The summed E-state index contributed by atoms with van der Waals surface area (Å²) in [4.78, 5) is 2.56. The molecule has 0 aliphatic carbocycles. The van der Waals surface area contributed by atoms with Gasteiger partial charge in [-0.2, -0.15) is 0 Å². The van der Waals surface area contributed by atoms with Crippen molar-refractivity contribution in [2.24, 2.45) is 0 Å². The van der Waals surface area contributed by atoms with Gasteiger partial charge in [-0.15, -0.1) is 11.6 Å². The number of allylic oxidation sites excluding steroid dienone is 1. The summed E-state index contributed by atoms with van der Waals surface area (Å²) in [5.74, 6) is 0.622. The molecule has 14 heavy (non-hydrogen) atoms. The van der Waals surface area contributed by atoms with E-state index in [9.17, 15) is 0 Å². The van der Waals surface area contributed by atoms with Gasteiger partial charge in [0.15, 0.2) is 0 Å². The minimum absolute atomic E-state index is 0.372. The molecule has 1 unspecified atom stereocenters. The van der Waals surface area contributed by atoms with E-state index in [1.54, 1.807) is 0 Å². The minimum atomic E-state index is 0.372. The number of hydrogen-bond donors (Lipinski definition) is 0. The van der Waals surface area contributed by atoms with Gasteiger partial charge in [-0.3, -0.25) is 4.90 Å². The van der Waals surface area contributed by atoms with Crippen LogP contribution in [0.2, 0.25) is 0 Å². The average Bonchev–Trinajstić information content (AvgIpc) is 2.80. The van der Waals surface area contributed by atoms with Crippen molar-refractivity contribution in [1.29, 1.82) is 0 Å². The minimum Gasteiger partial charge on any atom is -0.379 e. The van der Waals surface area contributed by atoms with Gasteiger partial charge in [0, 0.05) is 24.6 Å². The Bertz CT molecular complexity index is 206. The smallest absolute Gasteiger partial charge is 0.0651 e. The molecule has 1 atom stereocenters. The molecule has 1 spiro atoms. The molecule has 2 nitrogen and oxygen atoms in total. The van der Waals surface area contributed by atoms with Crippen molar-refractivity contribution in [1.82, 2.24) is 4.90 Å². The first kappa shape index (κ1) is 10.5. The number of halogens is 1. The number of nitrogens with zero attached hydrogens (tertiary/aromatic N) is 1. The van der Waals surface area contributed by atoms with Gasteiger partial charge < -0.3 is 4.74 Å². The highest BCUT2D eigenvalue weighted by atomic mass is 35.5. The third-order valence-corrected chi connectivity index (χ3v) is 3.58. The Hall–Kier alpha value is -0.0500. The molecule has 0 saturated carbocycles. The van der Waals surface area contributed by atoms with Gasteiger partial charge in [-0.05, 0) is 25.8 Å². The molecule has 3 heteroatoms. The first-order valence-corrected chi connectivity index (χ1v) is 5.95. The maximum absolute atomic E-state index is 5.61. The van der Waals surface area contributed by atoms with Crippen molar-refractivity contribution in [3.05, 3.63) is 12.2 Å². The van der Waals surface area contributed by atoms with E-state index in [0.29, 0.717) is 11.4 Å². The molecule has 2 aliphatic heterocycles. The summed E-state index contributed by atoms with van der Waals surface area (Å²) in [7, 11) is 0. The molecule has 0 radical (unpaired) electrons. The molecule has 0 aromatic heterocycles. The monoisotopic (exact) mass is 215 g/mol. The van der Waals surface area contributed by atoms with Crippen molar-refractivity contribution >= 4 is 11.6 Å². The Morgan fingerprint density at radius 2 is 2.29 bits per heavy atom. The fourth-order valence-corrected chi connectivity index (χ4v) is 2.71. The van der Waals surface area contributed by atoms with Crippen LogP contribution in [-0.4, -0.2) is 42.6 Å². The van der Waals surface area contributed by atoms with Gasteiger partial charge in [0.1, 0.15) is 0 Å². The lowest BCUT2D eigenvalue weighted by Gasteiger charge is -2.32. The molecule has 2 heterocycles. The number of rotatable bonds is 3. The molecule has 80 valence electrons.